The molecule has 100 valence electrons. The van der Waals surface area contributed by atoms with Gasteiger partial charge in [0, 0.05) is 18.7 Å². The summed E-state index contributed by atoms with van der Waals surface area (Å²) >= 11 is 0. The van der Waals surface area contributed by atoms with Gasteiger partial charge in [0.1, 0.15) is 5.82 Å². The summed E-state index contributed by atoms with van der Waals surface area (Å²) in [6.07, 6.45) is 0. The van der Waals surface area contributed by atoms with Gasteiger partial charge >= 0.3 is 0 Å². The zero-order chi connectivity index (χ0) is 13.5. The summed E-state index contributed by atoms with van der Waals surface area (Å²) in [4.78, 5) is 9.93. The average Bonchev–Trinajstić information content (AvgIpc) is 2.27. The van der Waals surface area contributed by atoms with Crippen LogP contribution in [0, 0.1) is 15.9 Å². The van der Waals surface area contributed by atoms with Gasteiger partial charge in [-0.3, -0.25) is 10.1 Å². The van der Waals surface area contributed by atoms with Gasteiger partial charge in [0.05, 0.1) is 24.2 Å². The number of nitrogens with one attached hydrogen (secondary N) is 1. The van der Waals surface area contributed by atoms with Gasteiger partial charge < -0.3 is 10.1 Å². The fourth-order valence-corrected chi connectivity index (χ4v) is 1.43. The molecule has 1 N–H and O–H groups in total. The van der Waals surface area contributed by atoms with Gasteiger partial charge in [-0.25, -0.2) is 4.39 Å². The Bertz CT molecular complexity index is 410. The van der Waals surface area contributed by atoms with Crippen LogP contribution >= 0.6 is 0 Å². The Labute approximate surface area is 105 Å². The summed E-state index contributed by atoms with van der Waals surface area (Å²) < 4.78 is 18.4. The molecule has 0 spiro atoms. The van der Waals surface area contributed by atoms with Crippen molar-refractivity contribution in [2.75, 3.05) is 13.2 Å². The smallest absolute Gasteiger partial charge is 0.272 e. The van der Waals surface area contributed by atoms with E-state index in [1.54, 1.807) is 0 Å². The molecule has 1 aromatic rings. The van der Waals surface area contributed by atoms with Crippen LogP contribution in [0.3, 0.4) is 0 Å². The number of nitro groups is 1. The van der Waals surface area contributed by atoms with Crippen LogP contribution in [0.4, 0.5) is 10.1 Å². The molecule has 6 heteroatoms. The molecule has 0 aromatic heterocycles. The normalized spacial score (nSPS) is 10.9. The van der Waals surface area contributed by atoms with Crippen molar-refractivity contribution in [3.63, 3.8) is 0 Å². The second-order valence-corrected chi connectivity index (χ2v) is 4.24. The maximum Gasteiger partial charge on any atom is 0.272 e. The molecule has 0 amide bonds. The third-order valence-corrected chi connectivity index (χ3v) is 2.22. The topological polar surface area (TPSA) is 64.4 Å². The van der Waals surface area contributed by atoms with Crippen molar-refractivity contribution >= 4 is 5.69 Å². The molecule has 1 aromatic carbocycles. The average molecular weight is 256 g/mol. The van der Waals surface area contributed by atoms with Crippen molar-refractivity contribution < 1.29 is 14.1 Å². The second kappa shape index (κ2) is 7.03. The van der Waals surface area contributed by atoms with E-state index in [2.05, 4.69) is 5.32 Å². The van der Waals surface area contributed by atoms with E-state index in [-0.39, 0.29) is 12.3 Å². The maximum absolute atomic E-state index is 13.1. The Kier molecular flexibility index (Phi) is 5.67. The van der Waals surface area contributed by atoms with Crippen molar-refractivity contribution in [3.05, 3.63) is 39.7 Å². The first-order chi connectivity index (χ1) is 8.49. The largest absolute Gasteiger partial charge is 0.375 e. The number of nitro benzene ring substituents is 1. The minimum atomic E-state index is -0.622. The van der Waals surface area contributed by atoms with Crippen LogP contribution in [0.5, 0.6) is 0 Å². The van der Waals surface area contributed by atoms with Gasteiger partial charge in [-0.15, -0.1) is 0 Å². The maximum atomic E-state index is 13.1. The van der Waals surface area contributed by atoms with E-state index in [1.165, 1.54) is 12.1 Å². The summed E-state index contributed by atoms with van der Waals surface area (Å²) in [7, 11) is 0. The SMILES string of the molecule is CC(C)NCCOCc1cc(F)cc([N+](=O)[O-])c1. The Morgan fingerprint density at radius 2 is 2.17 bits per heavy atom. The lowest BCUT2D eigenvalue weighted by Crippen LogP contribution is -2.26. The van der Waals surface area contributed by atoms with Crippen molar-refractivity contribution in [1.29, 1.82) is 0 Å². The molecule has 5 nitrogen and oxygen atoms in total. The zero-order valence-electron chi connectivity index (χ0n) is 10.5. The lowest BCUT2D eigenvalue weighted by atomic mass is 10.2. The third-order valence-electron chi connectivity index (χ3n) is 2.22. The summed E-state index contributed by atoms with van der Waals surface area (Å²) in [6, 6.07) is 3.83. The van der Waals surface area contributed by atoms with Crippen LogP contribution in [0.25, 0.3) is 0 Å². The van der Waals surface area contributed by atoms with Crippen LogP contribution in [-0.4, -0.2) is 24.1 Å². The Morgan fingerprint density at radius 3 is 2.78 bits per heavy atom. The van der Waals surface area contributed by atoms with E-state index in [0.717, 1.165) is 6.07 Å². The number of benzene rings is 1. The Morgan fingerprint density at radius 1 is 1.44 bits per heavy atom. The number of halogens is 1. The van der Waals surface area contributed by atoms with E-state index in [4.69, 9.17) is 4.74 Å². The number of rotatable bonds is 7. The van der Waals surface area contributed by atoms with Gasteiger partial charge in [0.25, 0.3) is 5.69 Å². The third kappa shape index (κ3) is 5.20. The fourth-order valence-electron chi connectivity index (χ4n) is 1.43. The van der Waals surface area contributed by atoms with Crippen LogP contribution in [0.1, 0.15) is 19.4 Å². The predicted octanol–water partition coefficient (Wildman–Crippen LogP) is 2.25. The first-order valence-corrected chi connectivity index (χ1v) is 5.74. The van der Waals surface area contributed by atoms with Crippen LogP contribution in [0.15, 0.2) is 18.2 Å². The first-order valence-electron chi connectivity index (χ1n) is 5.74. The van der Waals surface area contributed by atoms with E-state index in [9.17, 15) is 14.5 Å². The Hall–Kier alpha value is -1.53. The molecular weight excluding hydrogens is 239 g/mol. The van der Waals surface area contributed by atoms with Crippen molar-refractivity contribution in [3.8, 4) is 0 Å². The van der Waals surface area contributed by atoms with Crippen molar-refractivity contribution in [2.45, 2.75) is 26.5 Å². The molecule has 0 fully saturated rings. The lowest BCUT2D eigenvalue weighted by Gasteiger charge is -2.08. The van der Waals surface area contributed by atoms with E-state index < -0.39 is 10.7 Å². The zero-order valence-corrected chi connectivity index (χ0v) is 10.5. The highest BCUT2D eigenvalue weighted by molar-refractivity contribution is 5.34. The van der Waals surface area contributed by atoms with E-state index in [1.807, 2.05) is 13.8 Å². The molecule has 0 aliphatic rings. The Balaban J connectivity index is 2.44. The molecule has 0 unspecified atom stereocenters. The van der Waals surface area contributed by atoms with Gasteiger partial charge in [0.15, 0.2) is 0 Å². The van der Waals surface area contributed by atoms with Crippen molar-refractivity contribution in [1.82, 2.24) is 5.32 Å². The fraction of sp³-hybridized carbons (Fsp3) is 0.500. The number of hydrogen-bond donors (Lipinski definition) is 1. The van der Waals surface area contributed by atoms with Crippen molar-refractivity contribution in [2.24, 2.45) is 0 Å². The molecule has 0 bridgehead atoms. The lowest BCUT2D eigenvalue weighted by molar-refractivity contribution is -0.385. The van der Waals surface area contributed by atoms with Gasteiger partial charge in [0.2, 0.25) is 0 Å². The number of non-ortho nitro benzene ring substituents is 1. The van der Waals surface area contributed by atoms with Gasteiger partial charge in [-0.2, -0.15) is 0 Å². The molecule has 0 heterocycles. The number of hydrogen-bond acceptors (Lipinski definition) is 4. The molecule has 1 rings (SSSR count). The summed E-state index contributed by atoms with van der Waals surface area (Å²) in [6.45, 7) is 5.38. The quantitative estimate of drug-likeness (QED) is 0.461. The monoisotopic (exact) mass is 256 g/mol. The van der Waals surface area contributed by atoms with Gasteiger partial charge in [-0.05, 0) is 11.6 Å². The molecule has 0 aliphatic heterocycles. The molecular formula is C12H17FN2O3. The highest BCUT2D eigenvalue weighted by Crippen LogP contribution is 2.16. The minimum absolute atomic E-state index is 0.165. The predicted molar refractivity (Wildman–Crippen MR) is 65.8 cm³/mol. The number of nitrogens with zero attached hydrogens (tertiary/aromatic N) is 1. The molecule has 18 heavy (non-hydrogen) atoms. The van der Waals surface area contributed by atoms with E-state index in [0.29, 0.717) is 24.8 Å². The summed E-state index contributed by atoms with van der Waals surface area (Å²) in [5, 5.41) is 13.7. The first kappa shape index (κ1) is 14.5. The molecule has 0 atom stereocenters. The number of ether oxygens (including phenoxy) is 1. The van der Waals surface area contributed by atoms with E-state index >= 15 is 0 Å². The summed E-state index contributed by atoms with van der Waals surface area (Å²) in [5.41, 5.74) is 0.208. The van der Waals surface area contributed by atoms with Crippen LogP contribution in [-0.2, 0) is 11.3 Å². The molecule has 0 radical (unpaired) electrons. The molecule has 0 saturated heterocycles. The van der Waals surface area contributed by atoms with Crippen LogP contribution < -0.4 is 5.32 Å². The minimum Gasteiger partial charge on any atom is -0.375 e. The second-order valence-electron chi connectivity index (χ2n) is 4.24. The highest BCUT2D eigenvalue weighted by Gasteiger charge is 2.09. The molecule has 0 aliphatic carbocycles. The van der Waals surface area contributed by atoms with Gasteiger partial charge in [-0.1, -0.05) is 13.8 Å². The highest BCUT2D eigenvalue weighted by atomic mass is 19.1. The standard InChI is InChI=1S/C12H17FN2O3/c1-9(2)14-3-4-18-8-10-5-11(13)7-12(6-10)15(16)17/h5-7,9,14H,3-4,8H2,1-2H3. The molecule has 0 saturated carbocycles. The van der Waals surface area contributed by atoms with Crippen LogP contribution in [0.2, 0.25) is 0 Å². The summed E-state index contributed by atoms with van der Waals surface area (Å²) in [5.74, 6) is -0.622.